The number of benzene rings is 1. The third-order valence-electron chi connectivity index (χ3n) is 2.15. The first kappa shape index (κ1) is 13.2. The van der Waals surface area contributed by atoms with Crippen LogP contribution in [0.25, 0.3) is 0 Å². The molecule has 0 spiro atoms. The zero-order valence-electron chi connectivity index (χ0n) is 10.0. The maximum absolute atomic E-state index is 11.5. The summed E-state index contributed by atoms with van der Waals surface area (Å²) in [5, 5.41) is 2.52. The lowest BCUT2D eigenvalue weighted by Gasteiger charge is -2.07. The highest BCUT2D eigenvalue weighted by Crippen LogP contribution is 2.12. The van der Waals surface area contributed by atoms with Crippen LogP contribution in [0.2, 0.25) is 0 Å². The van der Waals surface area contributed by atoms with Crippen LogP contribution in [0.4, 0.5) is 0 Å². The molecule has 91 valence electrons. The lowest BCUT2D eigenvalue weighted by atomic mass is 10.1. The second kappa shape index (κ2) is 6.68. The number of carbonyl (C=O) groups excluding carboxylic acids is 2. The molecule has 1 atom stereocenters. The van der Waals surface area contributed by atoms with Crippen LogP contribution in [-0.2, 0) is 16.0 Å². The average molecular weight is 234 g/mol. The molecule has 4 heteroatoms. The van der Waals surface area contributed by atoms with Crippen LogP contribution in [0.1, 0.15) is 19.4 Å². The number of hydrogen-bond donors (Lipinski definition) is 1. The van der Waals surface area contributed by atoms with E-state index in [9.17, 15) is 9.59 Å². The number of carbonyl (C=O) groups is 1. The normalized spacial score (nSPS) is 11.6. The Labute approximate surface area is 101 Å². The SMILES string of the molecule is CCOc1ccc(CC(=O)N[C@@H](C)[C]=O)cc1. The molecule has 1 rings (SSSR count). The van der Waals surface area contributed by atoms with Crippen LogP contribution in [-0.4, -0.2) is 24.8 Å². The van der Waals surface area contributed by atoms with Crippen molar-refractivity contribution in [3.63, 3.8) is 0 Å². The number of amides is 1. The lowest BCUT2D eigenvalue weighted by Crippen LogP contribution is -2.34. The molecule has 4 nitrogen and oxygen atoms in total. The second-order valence-electron chi connectivity index (χ2n) is 3.66. The fourth-order valence-electron chi connectivity index (χ4n) is 1.38. The largest absolute Gasteiger partial charge is 0.494 e. The van der Waals surface area contributed by atoms with Gasteiger partial charge in [0.25, 0.3) is 0 Å². The maximum atomic E-state index is 11.5. The molecule has 17 heavy (non-hydrogen) atoms. The van der Waals surface area contributed by atoms with E-state index in [-0.39, 0.29) is 12.3 Å². The highest BCUT2D eigenvalue weighted by atomic mass is 16.5. The molecule has 0 bridgehead atoms. The van der Waals surface area contributed by atoms with Crippen molar-refractivity contribution in [3.8, 4) is 5.75 Å². The van der Waals surface area contributed by atoms with Crippen molar-refractivity contribution in [2.24, 2.45) is 0 Å². The second-order valence-corrected chi connectivity index (χ2v) is 3.66. The predicted molar refractivity (Wildman–Crippen MR) is 64.6 cm³/mol. The van der Waals surface area contributed by atoms with E-state index >= 15 is 0 Å². The molecule has 0 aliphatic rings. The van der Waals surface area contributed by atoms with Crippen molar-refractivity contribution in [1.82, 2.24) is 5.32 Å². The van der Waals surface area contributed by atoms with Crippen molar-refractivity contribution < 1.29 is 14.3 Å². The number of nitrogens with one attached hydrogen (secondary N) is 1. The van der Waals surface area contributed by atoms with Gasteiger partial charge in [-0.05, 0) is 31.5 Å². The van der Waals surface area contributed by atoms with Gasteiger partial charge in [-0.1, -0.05) is 12.1 Å². The van der Waals surface area contributed by atoms with Gasteiger partial charge < -0.3 is 10.1 Å². The monoisotopic (exact) mass is 234 g/mol. The molecule has 1 radical (unpaired) electrons. The summed E-state index contributed by atoms with van der Waals surface area (Å²) in [5.41, 5.74) is 0.879. The minimum absolute atomic E-state index is 0.190. The van der Waals surface area contributed by atoms with Crippen molar-refractivity contribution in [2.45, 2.75) is 26.3 Å². The number of hydrogen-bond acceptors (Lipinski definition) is 3. The van der Waals surface area contributed by atoms with E-state index in [1.807, 2.05) is 31.2 Å². The van der Waals surface area contributed by atoms with Gasteiger partial charge in [0.2, 0.25) is 12.2 Å². The summed E-state index contributed by atoms with van der Waals surface area (Å²) in [7, 11) is 0. The van der Waals surface area contributed by atoms with Crippen LogP contribution < -0.4 is 10.1 Å². The fourth-order valence-corrected chi connectivity index (χ4v) is 1.38. The summed E-state index contributed by atoms with van der Waals surface area (Å²) < 4.78 is 5.30. The van der Waals surface area contributed by atoms with E-state index in [2.05, 4.69) is 5.32 Å². The first-order chi connectivity index (χ1) is 8.15. The topological polar surface area (TPSA) is 55.4 Å². The molecule has 1 amide bonds. The van der Waals surface area contributed by atoms with Crippen molar-refractivity contribution in [3.05, 3.63) is 29.8 Å². The molecule has 0 heterocycles. The zero-order valence-corrected chi connectivity index (χ0v) is 10.0. The van der Waals surface area contributed by atoms with E-state index in [0.29, 0.717) is 6.61 Å². The zero-order chi connectivity index (χ0) is 12.7. The van der Waals surface area contributed by atoms with Crippen molar-refractivity contribution in [2.75, 3.05) is 6.61 Å². The Morgan fingerprint density at radius 3 is 2.59 bits per heavy atom. The highest BCUT2D eigenvalue weighted by molar-refractivity contribution is 5.81. The molecule has 1 aromatic carbocycles. The van der Waals surface area contributed by atoms with Crippen LogP contribution in [0.5, 0.6) is 5.75 Å². The molecule has 0 aliphatic carbocycles. The molecular formula is C13H16NO3. The molecule has 0 saturated heterocycles. The summed E-state index contributed by atoms with van der Waals surface area (Å²) in [6, 6.07) is 6.74. The van der Waals surface area contributed by atoms with Gasteiger partial charge in [-0.3, -0.25) is 9.59 Å². The van der Waals surface area contributed by atoms with Crippen LogP contribution in [0.15, 0.2) is 24.3 Å². The van der Waals surface area contributed by atoms with Gasteiger partial charge in [-0.25, -0.2) is 0 Å². The quantitative estimate of drug-likeness (QED) is 0.805. The summed E-state index contributed by atoms with van der Waals surface area (Å²) in [6.07, 6.45) is 1.95. The van der Waals surface area contributed by atoms with Gasteiger partial charge in [0.05, 0.1) is 19.1 Å². The van der Waals surface area contributed by atoms with E-state index in [0.717, 1.165) is 11.3 Å². The average Bonchev–Trinajstić information content (AvgIpc) is 2.31. The molecule has 0 saturated carbocycles. The van der Waals surface area contributed by atoms with E-state index in [4.69, 9.17) is 4.74 Å². The fraction of sp³-hybridized carbons (Fsp3) is 0.385. The van der Waals surface area contributed by atoms with Gasteiger partial charge in [0.1, 0.15) is 5.75 Å². The summed E-state index contributed by atoms with van der Waals surface area (Å²) in [5.74, 6) is 0.594. The molecular weight excluding hydrogens is 218 g/mol. The minimum atomic E-state index is -0.565. The van der Waals surface area contributed by atoms with Crippen LogP contribution >= 0.6 is 0 Å². The smallest absolute Gasteiger partial charge is 0.225 e. The Bertz CT molecular complexity index is 373. The Morgan fingerprint density at radius 2 is 2.06 bits per heavy atom. The number of ether oxygens (including phenoxy) is 1. The number of rotatable bonds is 6. The van der Waals surface area contributed by atoms with Gasteiger partial charge in [0.15, 0.2) is 0 Å². The molecule has 0 aliphatic heterocycles. The highest BCUT2D eigenvalue weighted by Gasteiger charge is 2.07. The molecule has 0 fully saturated rings. The molecule has 0 unspecified atom stereocenters. The van der Waals surface area contributed by atoms with Gasteiger partial charge in [0, 0.05) is 0 Å². The van der Waals surface area contributed by atoms with Crippen molar-refractivity contribution in [1.29, 1.82) is 0 Å². The standard InChI is InChI=1S/C13H16NO3/c1-3-17-12-6-4-11(5-7-12)8-13(16)14-10(2)9-15/h4-7,10H,3,8H2,1-2H3,(H,14,16)/t10-/m0/s1. The van der Waals surface area contributed by atoms with Crippen LogP contribution in [0.3, 0.4) is 0 Å². The molecule has 1 N–H and O–H groups in total. The summed E-state index contributed by atoms with van der Waals surface area (Å²) in [4.78, 5) is 21.7. The van der Waals surface area contributed by atoms with E-state index in [1.54, 1.807) is 13.2 Å². The first-order valence-corrected chi connectivity index (χ1v) is 5.54. The predicted octanol–water partition coefficient (Wildman–Crippen LogP) is 1.24. The van der Waals surface area contributed by atoms with E-state index < -0.39 is 6.04 Å². The summed E-state index contributed by atoms with van der Waals surface area (Å²) >= 11 is 0. The minimum Gasteiger partial charge on any atom is -0.494 e. The Morgan fingerprint density at radius 1 is 1.41 bits per heavy atom. The molecule has 1 aromatic rings. The van der Waals surface area contributed by atoms with Gasteiger partial charge in [-0.2, -0.15) is 0 Å². The Kier molecular flexibility index (Phi) is 5.20. The Balaban J connectivity index is 2.51. The van der Waals surface area contributed by atoms with Gasteiger partial charge >= 0.3 is 0 Å². The third kappa shape index (κ3) is 4.68. The van der Waals surface area contributed by atoms with Crippen molar-refractivity contribution >= 4 is 12.2 Å². The molecule has 0 aromatic heterocycles. The van der Waals surface area contributed by atoms with Crippen LogP contribution in [0, 0.1) is 0 Å². The van der Waals surface area contributed by atoms with Gasteiger partial charge in [-0.15, -0.1) is 0 Å². The first-order valence-electron chi connectivity index (χ1n) is 5.54. The van der Waals surface area contributed by atoms with E-state index in [1.165, 1.54) is 0 Å². The lowest BCUT2D eigenvalue weighted by molar-refractivity contribution is -0.120. The third-order valence-corrected chi connectivity index (χ3v) is 2.15. The maximum Gasteiger partial charge on any atom is 0.225 e. The summed E-state index contributed by atoms with van der Waals surface area (Å²) in [6.45, 7) is 4.12. The Hall–Kier alpha value is -1.84.